The number of carbonyl (C=O) groups is 1. The van der Waals surface area contributed by atoms with Crippen LogP contribution in [0.15, 0.2) is 0 Å². The number of carbonyl (C=O) groups excluding carboxylic acids is 1. The van der Waals surface area contributed by atoms with Gasteiger partial charge in [0, 0.05) is 25.7 Å². The standard InChI is InChI=1S/C11H10ClN3O/c1-6-9-4-15(7(2)16)5-10(9)8(3-13)11(12)14-6/h4-5H2,1-2H3. The average molecular weight is 236 g/mol. The Bertz CT molecular complexity index is 519. The lowest BCUT2D eigenvalue weighted by atomic mass is 10.1. The minimum absolute atomic E-state index is 0.00406. The summed E-state index contributed by atoms with van der Waals surface area (Å²) in [5.41, 5.74) is 2.99. The zero-order valence-corrected chi connectivity index (χ0v) is 9.80. The van der Waals surface area contributed by atoms with Crippen molar-refractivity contribution in [2.75, 3.05) is 0 Å². The smallest absolute Gasteiger partial charge is 0.220 e. The van der Waals surface area contributed by atoms with E-state index in [1.807, 2.05) is 13.0 Å². The van der Waals surface area contributed by atoms with Gasteiger partial charge in [0.25, 0.3) is 0 Å². The van der Waals surface area contributed by atoms with Crippen molar-refractivity contribution in [1.82, 2.24) is 9.88 Å². The predicted octanol–water partition coefficient (Wildman–Crippen LogP) is 1.78. The number of hydrogen-bond donors (Lipinski definition) is 0. The Labute approximate surface area is 98.5 Å². The first kappa shape index (κ1) is 10.9. The summed E-state index contributed by atoms with van der Waals surface area (Å²) < 4.78 is 0. The number of hydrogen-bond acceptors (Lipinski definition) is 3. The van der Waals surface area contributed by atoms with Crippen LogP contribution in [0.2, 0.25) is 5.15 Å². The normalized spacial score (nSPS) is 13.5. The van der Waals surface area contributed by atoms with E-state index in [4.69, 9.17) is 16.9 Å². The van der Waals surface area contributed by atoms with E-state index in [-0.39, 0.29) is 11.1 Å². The molecule has 0 saturated carbocycles. The molecule has 0 aliphatic carbocycles. The lowest BCUT2D eigenvalue weighted by molar-refractivity contribution is -0.129. The van der Waals surface area contributed by atoms with Crippen molar-refractivity contribution in [3.63, 3.8) is 0 Å². The molecular weight excluding hydrogens is 226 g/mol. The first-order valence-electron chi connectivity index (χ1n) is 4.88. The maximum absolute atomic E-state index is 11.3. The van der Waals surface area contributed by atoms with Gasteiger partial charge in [-0.2, -0.15) is 5.26 Å². The van der Waals surface area contributed by atoms with Crippen molar-refractivity contribution in [2.45, 2.75) is 26.9 Å². The molecule has 0 radical (unpaired) electrons. The van der Waals surface area contributed by atoms with Gasteiger partial charge in [-0.15, -0.1) is 0 Å². The van der Waals surface area contributed by atoms with E-state index in [9.17, 15) is 4.79 Å². The number of halogens is 1. The third kappa shape index (κ3) is 1.54. The van der Waals surface area contributed by atoms with Crippen molar-refractivity contribution in [1.29, 1.82) is 5.26 Å². The quantitative estimate of drug-likeness (QED) is 0.644. The van der Waals surface area contributed by atoms with Crippen molar-refractivity contribution in [3.05, 3.63) is 27.5 Å². The molecule has 0 unspecified atom stereocenters. The highest BCUT2D eigenvalue weighted by Crippen LogP contribution is 2.30. The summed E-state index contributed by atoms with van der Waals surface area (Å²) in [6.45, 7) is 4.34. The van der Waals surface area contributed by atoms with Crippen LogP contribution in [0.25, 0.3) is 0 Å². The highest BCUT2D eigenvalue weighted by atomic mass is 35.5. The van der Waals surface area contributed by atoms with Crippen LogP contribution in [0.1, 0.15) is 29.3 Å². The zero-order valence-electron chi connectivity index (χ0n) is 9.04. The van der Waals surface area contributed by atoms with E-state index in [2.05, 4.69) is 4.98 Å². The number of fused-ring (bicyclic) bond motifs is 1. The van der Waals surface area contributed by atoms with E-state index in [1.54, 1.807) is 4.90 Å². The zero-order chi connectivity index (χ0) is 11.9. The molecule has 0 fully saturated rings. The van der Waals surface area contributed by atoms with Gasteiger partial charge in [-0.25, -0.2) is 4.98 Å². The van der Waals surface area contributed by atoms with Crippen molar-refractivity contribution >= 4 is 17.5 Å². The van der Waals surface area contributed by atoms with Crippen molar-refractivity contribution in [3.8, 4) is 6.07 Å². The van der Waals surface area contributed by atoms with E-state index < -0.39 is 0 Å². The third-order valence-electron chi connectivity index (χ3n) is 2.83. The lowest BCUT2D eigenvalue weighted by Gasteiger charge is -2.11. The number of aromatic nitrogens is 1. The summed E-state index contributed by atoms with van der Waals surface area (Å²) in [4.78, 5) is 17.1. The molecule has 5 heteroatoms. The topological polar surface area (TPSA) is 57.0 Å². The summed E-state index contributed by atoms with van der Waals surface area (Å²) in [6.07, 6.45) is 0. The predicted molar refractivity (Wildman–Crippen MR) is 58.6 cm³/mol. The summed E-state index contributed by atoms with van der Waals surface area (Å²) >= 11 is 5.90. The van der Waals surface area contributed by atoms with Gasteiger partial charge in [-0.3, -0.25) is 4.79 Å². The Morgan fingerprint density at radius 2 is 2.12 bits per heavy atom. The van der Waals surface area contributed by atoms with Crippen LogP contribution in [0.5, 0.6) is 0 Å². The molecule has 1 aromatic rings. The molecule has 16 heavy (non-hydrogen) atoms. The molecule has 2 rings (SSSR count). The Hall–Kier alpha value is -1.60. The number of nitrogens with zero attached hydrogens (tertiary/aromatic N) is 3. The van der Waals surface area contributed by atoms with E-state index in [1.165, 1.54) is 6.92 Å². The minimum atomic E-state index is -0.00406. The molecular formula is C11H10ClN3O. The summed E-state index contributed by atoms with van der Waals surface area (Å²) in [7, 11) is 0. The summed E-state index contributed by atoms with van der Waals surface area (Å²) in [5, 5.41) is 9.25. The van der Waals surface area contributed by atoms with Gasteiger partial charge < -0.3 is 4.90 Å². The molecule has 2 heterocycles. The molecule has 0 saturated heterocycles. The number of amides is 1. The monoisotopic (exact) mass is 235 g/mol. The van der Waals surface area contributed by atoms with E-state index >= 15 is 0 Å². The Morgan fingerprint density at radius 3 is 2.69 bits per heavy atom. The minimum Gasteiger partial charge on any atom is -0.334 e. The van der Waals surface area contributed by atoms with Crippen LogP contribution >= 0.6 is 11.6 Å². The maximum atomic E-state index is 11.3. The van der Waals surface area contributed by atoms with E-state index in [0.717, 1.165) is 16.8 Å². The highest BCUT2D eigenvalue weighted by molar-refractivity contribution is 6.30. The first-order chi connectivity index (χ1) is 7.54. The van der Waals surface area contributed by atoms with Gasteiger partial charge in [-0.05, 0) is 18.1 Å². The summed E-state index contributed by atoms with van der Waals surface area (Å²) in [5.74, 6) is -0.00406. The molecule has 0 N–H and O–H groups in total. The fraction of sp³-hybridized carbons (Fsp3) is 0.364. The van der Waals surface area contributed by atoms with Gasteiger partial charge in [0.2, 0.25) is 5.91 Å². The molecule has 1 aliphatic rings. The Morgan fingerprint density at radius 1 is 1.50 bits per heavy atom. The largest absolute Gasteiger partial charge is 0.334 e. The molecule has 1 aliphatic heterocycles. The number of nitriles is 1. The van der Waals surface area contributed by atoms with Gasteiger partial charge in [0.15, 0.2) is 0 Å². The van der Waals surface area contributed by atoms with Crippen LogP contribution in [0.3, 0.4) is 0 Å². The second kappa shape index (κ2) is 3.76. The van der Waals surface area contributed by atoms with Gasteiger partial charge in [-0.1, -0.05) is 11.6 Å². The fourth-order valence-electron chi connectivity index (χ4n) is 1.92. The lowest BCUT2D eigenvalue weighted by Crippen LogP contribution is -2.21. The number of rotatable bonds is 0. The molecule has 0 bridgehead atoms. The second-order valence-corrected chi connectivity index (χ2v) is 4.17. The molecule has 1 amide bonds. The molecule has 4 nitrogen and oxygen atoms in total. The van der Waals surface area contributed by atoms with Crippen LogP contribution in [0.4, 0.5) is 0 Å². The maximum Gasteiger partial charge on any atom is 0.220 e. The number of aryl methyl sites for hydroxylation is 1. The second-order valence-electron chi connectivity index (χ2n) is 3.81. The van der Waals surface area contributed by atoms with Crippen LogP contribution in [0, 0.1) is 18.3 Å². The van der Waals surface area contributed by atoms with Crippen LogP contribution < -0.4 is 0 Å². The van der Waals surface area contributed by atoms with Crippen molar-refractivity contribution in [2.24, 2.45) is 0 Å². The SMILES string of the molecule is CC(=O)N1Cc2c(C)nc(Cl)c(C#N)c2C1. The molecule has 82 valence electrons. The van der Waals surface area contributed by atoms with Crippen LogP contribution in [-0.2, 0) is 17.9 Å². The van der Waals surface area contributed by atoms with Gasteiger partial charge in [0.1, 0.15) is 11.2 Å². The van der Waals surface area contributed by atoms with E-state index in [0.29, 0.717) is 18.7 Å². The summed E-state index contributed by atoms with van der Waals surface area (Å²) in [6, 6.07) is 2.05. The van der Waals surface area contributed by atoms with Gasteiger partial charge >= 0.3 is 0 Å². The molecule has 1 aromatic heterocycles. The molecule has 0 spiro atoms. The molecule has 0 aromatic carbocycles. The van der Waals surface area contributed by atoms with Gasteiger partial charge in [0.05, 0.1) is 5.56 Å². The fourth-order valence-corrected chi connectivity index (χ4v) is 2.21. The highest BCUT2D eigenvalue weighted by Gasteiger charge is 2.27. The Kier molecular flexibility index (Phi) is 2.56. The van der Waals surface area contributed by atoms with Crippen LogP contribution in [-0.4, -0.2) is 15.8 Å². The molecule has 0 atom stereocenters. The number of pyridine rings is 1. The first-order valence-corrected chi connectivity index (χ1v) is 5.26. The third-order valence-corrected chi connectivity index (χ3v) is 3.10. The average Bonchev–Trinajstić information content (AvgIpc) is 2.63. The van der Waals surface area contributed by atoms with Crippen molar-refractivity contribution < 1.29 is 4.79 Å². The Balaban J connectivity index is 2.56.